The van der Waals surface area contributed by atoms with E-state index in [0.29, 0.717) is 23.3 Å². The van der Waals surface area contributed by atoms with Gasteiger partial charge in [-0.15, -0.1) is 0 Å². The van der Waals surface area contributed by atoms with Crippen molar-refractivity contribution in [1.29, 1.82) is 0 Å². The number of fused-ring (bicyclic) bond motifs is 5. The molecule has 200 valence electrons. The lowest BCUT2D eigenvalue weighted by atomic mass is 9.47. The van der Waals surface area contributed by atoms with Crippen molar-refractivity contribution in [3.63, 3.8) is 0 Å². The van der Waals surface area contributed by atoms with E-state index in [1.165, 1.54) is 57.8 Å². The standard InChI is InChI=1S/C32H55NO2/c1-21(2)9-8-10-23(5)27-13-14-28-26-12-11-24-19-25(35-30(34)33-20-22(3)4)15-17-31(24,6)29(26)16-18-32(27,28)7/h11,21-23,25-29H,8-10,12-20H2,1-7H3,(H,33,34)/t23?,25-,26?,27?,28?,29?,31-,32+/m0/s1. The molecule has 0 aromatic carbocycles. The van der Waals surface area contributed by atoms with Gasteiger partial charge in [0, 0.05) is 13.0 Å². The second kappa shape index (κ2) is 10.8. The molecule has 0 radical (unpaired) electrons. The zero-order valence-corrected chi connectivity index (χ0v) is 24.0. The molecule has 4 aliphatic carbocycles. The van der Waals surface area contributed by atoms with Gasteiger partial charge in [0.15, 0.2) is 0 Å². The summed E-state index contributed by atoms with van der Waals surface area (Å²) in [6.07, 6.45) is 16.8. The molecular weight excluding hydrogens is 430 g/mol. The number of hydrogen-bond acceptors (Lipinski definition) is 2. The largest absolute Gasteiger partial charge is 0.446 e. The third-order valence-corrected chi connectivity index (χ3v) is 11.2. The van der Waals surface area contributed by atoms with Crippen molar-refractivity contribution in [3.05, 3.63) is 11.6 Å². The summed E-state index contributed by atoms with van der Waals surface area (Å²) < 4.78 is 5.85. The number of nitrogens with one attached hydrogen (secondary N) is 1. The van der Waals surface area contributed by atoms with Gasteiger partial charge in [0.05, 0.1) is 0 Å². The maximum Gasteiger partial charge on any atom is 0.407 e. The maximum atomic E-state index is 12.3. The van der Waals surface area contributed by atoms with Crippen LogP contribution in [0, 0.1) is 52.3 Å². The lowest BCUT2D eigenvalue weighted by Crippen LogP contribution is -2.51. The quantitative estimate of drug-likeness (QED) is 0.349. The molecule has 0 aliphatic heterocycles. The summed E-state index contributed by atoms with van der Waals surface area (Å²) in [6, 6.07) is 0. The van der Waals surface area contributed by atoms with Crippen molar-refractivity contribution >= 4 is 6.09 Å². The van der Waals surface area contributed by atoms with Gasteiger partial charge in [-0.2, -0.15) is 0 Å². The Hall–Kier alpha value is -0.990. The number of allylic oxidation sites excluding steroid dienone is 1. The highest BCUT2D eigenvalue weighted by atomic mass is 16.6. The summed E-state index contributed by atoms with van der Waals surface area (Å²) in [5.41, 5.74) is 2.47. The number of carbonyl (C=O) groups excluding carboxylic acids is 1. The number of alkyl carbamates (subject to hydrolysis) is 1. The Labute approximate surface area is 216 Å². The lowest BCUT2D eigenvalue weighted by molar-refractivity contribution is -0.0581. The first-order chi connectivity index (χ1) is 16.5. The predicted octanol–water partition coefficient (Wildman–Crippen LogP) is 8.78. The van der Waals surface area contributed by atoms with Crippen LogP contribution in [0.2, 0.25) is 0 Å². The average Bonchev–Trinajstić information content (AvgIpc) is 3.15. The van der Waals surface area contributed by atoms with Gasteiger partial charge in [0.2, 0.25) is 0 Å². The molecule has 3 saturated carbocycles. The van der Waals surface area contributed by atoms with Crippen LogP contribution in [-0.2, 0) is 4.74 Å². The summed E-state index contributed by atoms with van der Waals surface area (Å²) >= 11 is 0. The fourth-order valence-electron chi connectivity index (χ4n) is 9.23. The fourth-order valence-corrected chi connectivity index (χ4v) is 9.23. The fraction of sp³-hybridized carbons (Fsp3) is 0.906. The first kappa shape index (κ1) is 27.1. The van der Waals surface area contributed by atoms with Crippen LogP contribution in [0.15, 0.2) is 11.6 Å². The van der Waals surface area contributed by atoms with E-state index >= 15 is 0 Å². The Kier molecular flexibility index (Phi) is 8.33. The van der Waals surface area contributed by atoms with E-state index in [-0.39, 0.29) is 12.2 Å². The van der Waals surface area contributed by atoms with E-state index in [1.807, 2.05) is 0 Å². The van der Waals surface area contributed by atoms with Gasteiger partial charge >= 0.3 is 6.09 Å². The van der Waals surface area contributed by atoms with Crippen LogP contribution in [0.5, 0.6) is 0 Å². The van der Waals surface area contributed by atoms with Crippen LogP contribution in [0.25, 0.3) is 0 Å². The van der Waals surface area contributed by atoms with Crippen LogP contribution in [0.1, 0.15) is 119 Å². The molecule has 3 heteroatoms. The van der Waals surface area contributed by atoms with Gasteiger partial charge in [-0.1, -0.05) is 79.4 Å². The molecule has 0 saturated heterocycles. The minimum atomic E-state index is -0.227. The molecule has 1 N–H and O–H groups in total. The van der Waals surface area contributed by atoms with Crippen molar-refractivity contribution in [2.24, 2.45) is 52.3 Å². The minimum Gasteiger partial charge on any atom is -0.446 e. The third kappa shape index (κ3) is 5.49. The molecule has 3 fully saturated rings. The molecule has 8 atom stereocenters. The normalized spacial score (nSPS) is 39.5. The Bertz CT molecular complexity index is 772. The number of rotatable bonds is 8. The smallest absolute Gasteiger partial charge is 0.407 e. The molecule has 0 aromatic heterocycles. The van der Waals surface area contributed by atoms with Crippen LogP contribution in [0.3, 0.4) is 0 Å². The molecule has 5 unspecified atom stereocenters. The van der Waals surface area contributed by atoms with Crippen molar-refractivity contribution in [2.75, 3.05) is 6.54 Å². The highest BCUT2D eigenvalue weighted by Gasteiger charge is 2.59. The average molecular weight is 486 g/mol. The van der Waals surface area contributed by atoms with Crippen molar-refractivity contribution < 1.29 is 9.53 Å². The first-order valence-corrected chi connectivity index (χ1v) is 15.2. The van der Waals surface area contributed by atoms with Gasteiger partial charge in [-0.25, -0.2) is 4.79 Å². The Balaban J connectivity index is 1.40. The Morgan fingerprint density at radius 1 is 1.00 bits per heavy atom. The second-order valence-electron chi connectivity index (χ2n) is 14.3. The molecular formula is C32H55NO2. The number of carbonyl (C=O) groups is 1. The maximum absolute atomic E-state index is 12.3. The summed E-state index contributed by atoms with van der Waals surface area (Å²) in [7, 11) is 0. The van der Waals surface area contributed by atoms with Crippen LogP contribution in [0.4, 0.5) is 4.79 Å². The predicted molar refractivity (Wildman–Crippen MR) is 146 cm³/mol. The highest BCUT2D eigenvalue weighted by molar-refractivity contribution is 5.67. The van der Waals surface area contributed by atoms with E-state index in [4.69, 9.17) is 4.74 Å². The van der Waals surface area contributed by atoms with Crippen LogP contribution < -0.4 is 5.32 Å². The molecule has 4 rings (SSSR count). The second-order valence-corrected chi connectivity index (χ2v) is 14.3. The van der Waals surface area contributed by atoms with E-state index in [1.54, 1.807) is 5.57 Å². The number of ether oxygens (including phenoxy) is 1. The van der Waals surface area contributed by atoms with Gasteiger partial charge in [0.25, 0.3) is 0 Å². The first-order valence-electron chi connectivity index (χ1n) is 15.2. The van der Waals surface area contributed by atoms with E-state index in [2.05, 4.69) is 59.9 Å². The summed E-state index contributed by atoms with van der Waals surface area (Å²) in [5.74, 6) is 5.68. The van der Waals surface area contributed by atoms with Gasteiger partial charge in [-0.05, 0) is 97.2 Å². The molecule has 4 aliphatic rings. The van der Waals surface area contributed by atoms with Gasteiger partial charge in [0.1, 0.15) is 6.10 Å². The zero-order chi connectivity index (χ0) is 25.4. The van der Waals surface area contributed by atoms with E-state index in [9.17, 15) is 4.79 Å². The molecule has 0 heterocycles. The van der Waals surface area contributed by atoms with E-state index < -0.39 is 0 Å². The molecule has 0 aromatic rings. The van der Waals surface area contributed by atoms with Gasteiger partial charge < -0.3 is 10.1 Å². The SMILES string of the molecule is CC(C)CCCC(C)C1CCC2C3CC=C4C[C@@H](OC(=O)NCC(C)C)CC[C@]4(C)C3CC[C@]12C. The molecule has 0 bridgehead atoms. The lowest BCUT2D eigenvalue weighted by Gasteiger charge is -2.58. The van der Waals surface area contributed by atoms with Crippen molar-refractivity contribution in [3.8, 4) is 0 Å². The zero-order valence-electron chi connectivity index (χ0n) is 24.0. The van der Waals surface area contributed by atoms with Gasteiger partial charge in [-0.3, -0.25) is 0 Å². The third-order valence-electron chi connectivity index (χ3n) is 11.2. The number of amides is 1. The summed E-state index contributed by atoms with van der Waals surface area (Å²) in [5, 5.41) is 2.94. The molecule has 3 nitrogen and oxygen atoms in total. The minimum absolute atomic E-state index is 0.0504. The summed E-state index contributed by atoms with van der Waals surface area (Å²) in [6.45, 7) is 17.5. The monoisotopic (exact) mass is 485 g/mol. The molecule has 1 amide bonds. The Morgan fingerprint density at radius 3 is 2.49 bits per heavy atom. The van der Waals surface area contributed by atoms with Crippen LogP contribution >= 0.6 is 0 Å². The van der Waals surface area contributed by atoms with Crippen molar-refractivity contribution in [1.82, 2.24) is 5.32 Å². The Morgan fingerprint density at radius 2 is 1.77 bits per heavy atom. The summed E-state index contributed by atoms with van der Waals surface area (Å²) in [4.78, 5) is 12.3. The molecule has 35 heavy (non-hydrogen) atoms. The van der Waals surface area contributed by atoms with Crippen LogP contribution in [-0.4, -0.2) is 18.7 Å². The number of hydrogen-bond donors (Lipinski definition) is 1. The van der Waals surface area contributed by atoms with E-state index in [0.717, 1.165) is 48.3 Å². The van der Waals surface area contributed by atoms with Crippen molar-refractivity contribution in [2.45, 2.75) is 125 Å². The topological polar surface area (TPSA) is 38.3 Å². The highest BCUT2D eigenvalue weighted by Crippen LogP contribution is 2.67. The molecule has 0 spiro atoms.